The van der Waals surface area contributed by atoms with Crippen LogP contribution in [0.2, 0.25) is 0 Å². The van der Waals surface area contributed by atoms with E-state index in [0.717, 1.165) is 5.56 Å². The molecule has 2 rings (SSSR count). The van der Waals surface area contributed by atoms with Gasteiger partial charge in [0.15, 0.2) is 0 Å². The summed E-state index contributed by atoms with van der Waals surface area (Å²) in [6, 6.07) is 0.259. The first-order chi connectivity index (χ1) is 7.08. The van der Waals surface area contributed by atoms with Crippen LogP contribution in [0.1, 0.15) is 18.5 Å². The van der Waals surface area contributed by atoms with Gasteiger partial charge in [-0.3, -0.25) is 14.4 Å². The molecular weight excluding hydrogens is 194 g/mol. The van der Waals surface area contributed by atoms with Crippen molar-refractivity contribution in [3.8, 4) is 0 Å². The van der Waals surface area contributed by atoms with Crippen LogP contribution < -0.4 is 0 Å². The molecule has 0 saturated carbocycles. The SMILES string of the molecule is CC(c1cnn(C)c1)N1CC(C(=O)O)C1. The number of rotatable bonds is 3. The standard InChI is InChI=1S/C10H15N3O2/c1-7(8-3-11-12(2)4-8)13-5-9(6-13)10(14)15/h3-4,7,9H,5-6H2,1-2H3,(H,14,15). The van der Waals surface area contributed by atoms with Gasteiger partial charge >= 0.3 is 5.97 Å². The molecule has 1 fully saturated rings. The van der Waals surface area contributed by atoms with Crippen molar-refractivity contribution in [3.05, 3.63) is 18.0 Å². The normalized spacial score (nSPS) is 19.9. The summed E-state index contributed by atoms with van der Waals surface area (Å²) in [5, 5.41) is 12.9. The summed E-state index contributed by atoms with van der Waals surface area (Å²) in [6.07, 6.45) is 3.80. The average Bonchev–Trinajstić information content (AvgIpc) is 2.48. The Balaban J connectivity index is 1.94. The third-order valence-electron chi connectivity index (χ3n) is 3.01. The number of aliphatic carboxylic acids is 1. The molecule has 0 aliphatic carbocycles. The zero-order valence-corrected chi connectivity index (χ0v) is 8.92. The van der Waals surface area contributed by atoms with E-state index < -0.39 is 5.97 Å². The highest BCUT2D eigenvalue weighted by Gasteiger charge is 2.35. The highest BCUT2D eigenvalue weighted by molar-refractivity contribution is 5.71. The zero-order chi connectivity index (χ0) is 11.0. The Bertz CT molecular complexity index is 368. The fraction of sp³-hybridized carbons (Fsp3) is 0.600. The minimum absolute atomic E-state index is 0.191. The summed E-state index contributed by atoms with van der Waals surface area (Å²) in [5.74, 6) is -0.881. The lowest BCUT2D eigenvalue weighted by atomic mass is 9.96. The van der Waals surface area contributed by atoms with Crippen LogP contribution in [0.3, 0.4) is 0 Å². The summed E-state index contributed by atoms with van der Waals surface area (Å²) in [7, 11) is 1.88. The number of hydrogen-bond donors (Lipinski definition) is 1. The van der Waals surface area contributed by atoms with E-state index in [9.17, 15) is 4.79 Å². The molecule has 0 spiro atoms. The quantitative estimate of drug-likeness (QED) is 0.787. The maximum Gasteiger partial charge on any atom is 0.309 e. The Morgan fingerprint density at radius 1 is 1.67 bits per heavy atom. The molecule has 0 amide bonds. The summed E-state index contributed by atoms with van der Waals surface area (Å²) in [4.78, 5) is 12.8. The Hall–Kier alpha value is -1.36. The molecule has 1 aromatic heterocycles. The van der Waals surface area contributed by atoms with Crippen LogP contribution in [-0.4, -0.2) is 38.8 Å². The van der Waals surface area contributed by atoms with Crippen LogP contribution in [0.25, 0.3) is 0 Å². The molecule has 0 aromatic carbocycles. The lowest BCUT2D eigenvalue weighted by Gasteiger charge is -2.40. The maximum absolute atomic E-state index is 10.6. The molecule has 0 radical (unpaired) electrons. The molecule has 1 aliphatic rings. The first kappa shape index (κ1) is 10.2. The molecular formula is C10H15N3O2. The second-order valence-corrected chi connectivity index (χ2v) is 4.11. The number of aromatic nitrogens is 2. The van der Waals surface area contributed by atoms with Gasteiger partial charge in [0, 0.05) is 37.9 Å². The van der Waals surface area contributed by atoms with Gasteiger partial charge in [0.05, 0.1) is 12.1 Å². The van der Waals surface area contributed by atoms with Gasteiger partial charge in [0.2, 0.25) is 0 Å². The molecule has 5 nitrogen and oxygen atoms in total. The number of carboxylic acids is 1. The lowest BCUT2D eigenvalue weighted by Crippen LogP contribution is -2.51. The molecule has 0 bridgehead atoms. The van der Waals surface area contributed by atoms with Crippen molar-refractivity contribution in [1.82, 2.24) is 14.7 Å². The largest absolute Gasteiger partial charge is 0.481 e. The molecule has 1 aliphatic heterocycles. The van der Waals surface area contributed by atoms with Crippen molar-refractivity contribution in [2.75, 3.05) is 13.1 Å². The van der Waals surface area contributed by atoms with E-state index in [2.05, 4.69) is 16.9 Å². The van der Waals surface area contributed by atoms with Crippen LogP contribution >= 0.6 is 0 Å². The van der Waals surface area contributed by atoms with E-state index in [1.807, 2.05) is 19.4 Å². The van der Waals surface area contributed by atoms with Crippen molar-refractivity contribution >= 4 is 5.97 Å². The van der Waals surface area contributed by atoms with Gasteiger partial charge in [-0.1, -0.05) is 0 Å². The molecule has 15 heavy (non-hydrogen) atoms. The Kier molecular flexibility index (Phi) is 2.48. The van der Waals surface area contributed by atoms with E-state index in [4.69, 9.17) is 5.11 Å². The van der Waals surface area contributed by atoms with Gasteiger partial charge in [-0.15, -0.1) is 0 Å². The second kappa shape index (κ2) is 3.66. The number of aryl methyl sites for hydroxylation is 1. The first-order valence-corrected chi connectivity index (χ1v) is 5.03. The number of carbonyl (C=O) groups is 1. The molecule has 1 unspecified atom stereocenters. The molecule has 82 valence electrons. The fourth-order valence-electron chi connectivity index (χ4n) is 1.85. The van der Waals surface area contributed by atoms with Crippen LogP contribution in [0.15, 0.2) is 12.4 Å². The van der Waals surface area contributed by atoms with Crippen LogP contribution in [0.5, 0.6) is 0 Å². The summed E-state index contributed by atoms with van der Waals surface area (Å²) in [5.41, 5.74) is 1.14. The maximum atomic E-state index is 10.6. The summed E-state index contributed by atoms with van der Waals surface area (Å²) >= 11 is 0. The van der Waals surface area contributed by atoms with Gasteiger partial charge in [0.1, 0.15) is 0 Å². The van der Waals surface area contributed by atoms with Gasteiger partial charge in [0.25, 0.3) is 0 Å². The predicted octanol–water partition coefficient (Wildman–Crippen LogP) is 0.497. The van der Waals surface area contributed by atoms with Crippen molar-refractivity contribution in [1.29, 1.82) is 0 Å². The topological polar surface area (TPSA) is 58.4 Å². The summed E-state index contributed by atoms with van der Waals surface area (Å²) in [6.45, 7) is 3.37. The van der Waals surface area contributed by atoms with Gasteiger partial charge in [-0.2, -0.15) is 5.10 Å². The predicted molar refractivity (Wildman–Crippen MR) is 54.3 cm³/mol. The number of carboxylic acid groups (broad SMARTS) is 1. The van der Waals surface area contributed by atoms with Crippen LogP contribution in [-0.2, 0) is 11.8 Å². The van der Waals surface area contributed by atoms with Crippen LogP contribution in [0, 0.1) is 5.92 Å². The molecule has 2 heterocycles. The lowest BCUT2D eigenvalue weighted by molar-refractivity contribution is -0.148. The minimum atomic E-state index is -0.690. The zero-order valence-electron chi connectivity index (χ0n) is 8.92. The Morgan fingerprint density at radius 3 is 2.80 bits per heavy atom. The third-order valence-corrected chi connectivity index (χ3v) is 3.01. The Labute approximate surface area is 88.3 Å². The van der Waals surface area contributed by atoms with E-state index in [-0.39, 0.29) is 12.0 Å². The van der Waals surface area contributed by atoms with Crippen molar-refractivity contribution < 1.29 is 9.90 Å². The number of nitrogens with zero attached hydrogens (tertiary/aromatic N) is 3. The Morgan fingerprint density at radius 2 is 2.33 bits per heavy atom. The third kappa shape index (κ3) is 1.87. The van der Waals surface area contributed by atoms with Gasteiger partial charge in [-0.25, -0.2) is 0 Å². The summed E-state index contributed by atoms with van der Waals surface area (Å²) < 4.78 is 1.76. The van der Waals surface area contributed by atoms with Crippen molar-refractivity contribution in [3.63, 3.8) is 0 Å². The highest BCUT2D eigenvalue weighted by atomic mass is 16.4. The number of likely N-dealkylation sites (tertiary alicyclic amines) is 1. The van der Waals surface area contributed by atoms with Crippen LogP contribution in [0.4, 0.5) is 0 Å². The van der Waals surface area contributed by atoms with E-state index in [1.54, 1.807) is 4.68 Å². The first-order valence-electron chi connectivity index (χ1n) is 5.03. The van der Waals surface area contributed by atoms with Crippen molar-refractivity contribution in [2.45, 2.75) is 13.0 Å². The molecule has 1 aromatic rings. The van der Waals surface area contributed by atoms with E-state index >= 15 is 0 Å². The monoisotopic (exact) mass is 209 g/mol. The molecule has 5 heteroatoms. The van der Waals surface area contributed by atoms with Crippen molar-refractivity contribution in [2.24, 2.45) is 13.0 Å². The fourth-order valence-corrected chi connectivity index (χ4v) is 1.85. The van der Waals surface area contributed by atoms with Gasteiger partial charge < -0.3 is 5.11 Å². The van der Waals surface area contributed by atoms with Gasteiger partial charge in [-0.05, 0) is 6.92 Å². The highest BCUT2D eigenvalue weighted by Crippen LogP contribution is 2.27. The second-order valence-electron chi connectivity index (χ2n) is 4.11. The van der Waals surface area contributed by atoms with E-state index in [0.29, 0.717) is 13.1 Å². The number of hydrogen-bond acceptors (Lipinski definition) is 3. The minimum Gasteiger partial charge on any atom is -0.481 e. The molecule has 1 N–H and O–H groups in total. The molecule has 1 atom stereocenters. The van der Waals surface area contributed by atoms with E-state index in [1.165, 1.54) is 0 Å². The average molecular weight is 209 g/mol. The smallest absolute Gasteiger partial charge is 0.309 e. The molecule has 1 saturated heterocycles.